The molecule has 0 spiro atoms. The van der Waals surface area contributed by atoms with Crippen LogP contribution in [0.15, 0.2) is 0 Å². The number of urea groups is 1. The van der Waals surface area contributed by atoms with E-state index in [0.717, 1.165) is 31.7 Å². The van der Waals surface area contributed by atoms with Gasteiger partial charge in [0.1, 0.15) is 0 Å². The molecule has 0 aliphatic carbocycles. The molecule has 3 unspecified atom stereocenters. The van der Waals surface area contributed by atoms with Gasteiger partial charge in [-0.1, -0.05) is 20.3 Å². The van der Waals surface area contributed by atoms with Crippen molar-refractivity contribution < 1.29 is 14.7 Å². The summed E-state index contributed by atoms with van der Waals surface area (Å²) in [6, 6.07) is 0.101. The fourth-order valence-corrected chi connectivity index (χ4v) is 3.24. The zero-order valence-electron chi connectivity index (χ0n) is 12.6. The lowest BCUT2D eigenvalue weighted by atomic mass is 10.0. The molecule has 1 aliphatic rings. The number of nitrogens with zero attached hydrogens (tertiary/aromatic N) is 1. The van der Waals surface area contributed by atoms with E-state index in [9.17, 15) is 9.59 Å². The maximum absolute atomic E-state index is 12.1. The number of thioether (sulfide) groups is 1. The molecule has 1 rings (SSSR count). The van der Waals surface area contributed by atoms with Crippen molar-refractivity contribution in [3.05, 3.63) is 0 Å². The highest BCUT2D eigenvalue weighted by Crippen LogP contribution is 2.18. The van der Waals surface area contributed by atoms with Crippen LogP contribution in [-0.2, 0) is 4.79 Å². The Hall–Kier alpha value is -0.910. The van der Waals surface area contributed by atoms with Crippen LogP contribution in [-0.4, -0.2) is 52.1 Å². The summed E-state index contributed by atoms with van der Waals surface area (Å²) < 4.78 is 0. The van der Waals surface area contributed by atoms with Gasteiger partial charge in [0.2, 0.25) is 0 Å². The summed E-state index contributed by atoms with van der Waals surface area (Å²) in [4.78, 5) is 24.7. The standard InChI is InChI=1S/C14H26N2O3S/c1-10(13(17)18)5-4-6-11(2)15-14(19)16-7-8-20-12(3)9-16/h10-12H,4-9H2,1-3H3,(H,15,19)(H,17,18). The van der Waals surface area contributed by atoms with Gasteiger partial charge in [-0.2, -0.15) is 11.8 Å². The summed E-state index contributed by atoms with van der Waals surface area (Å²) in [5.74, 6) is -0.0570. The highest BCUT2D eigenvalue weighted by Gasteiger charge is 2.22. The molecule has 0 saturated carbocycles. The van der Waals surface area contributed by atoms with Gasteiger partial charge in [0.15, 0.2) is 0 Å². The Morgan fingerprint density at radius 2 is 2.10 bits per heavy atom. The van der Waals surface area contributed by atoms with Crippen molar-refractivity contribution in [1.82, 2.24) is 10.2 Å². The van der Waals surface area contributed by atoms with Crippen molar-refractivity contribution in [3.8, 4) is 0 Å². The monoisotopic (exact) mass is 302 g/mol. The number of amides is 2. The van der Waals surface area contributed by atoms with Gasteiger partial charge in [0, 0.05) is 30.1 Å². The van der Waals surface area contributed by atoms with Gasteiger partial charge in [0.25, 0.3) is 0 Å². The van der Waals surface area contributed by atoms with Gasteiger partial charge in [-0.05, 0) is 19.8 Å². The Morgan fingerprint density at radius 3 is 2.70 bits per heavy atom. The maximum atomic E-state index is 12.1. The quantitative estimate of drug-likeness (QED) is 0.790. The highest BCUT2D eigenvalue weighted by atomic mass is 32.2. The Balaban J connectivity index is 2.22. The van der Waals surface area contributed by atoms with Crippen LogP contribution in [0.3, 0.4) is 0 Å². The average molecular weight is 302 g/mol. The van der Waals surface area contributed by atoms with Crippen molar-refractivity contribution in [1.29, 1.82) is 0 Å². The number of hydrogen-bond acceptors (Lipinski definition) is 3. The molecule has 1 heterocycles. The Kier molecular flexibility index (Phi) is 7.19. The molecule has 6 heteroatoms. The topological polar surface area (TPSA) is 69.6 Å². The van der Waals surface area contributed by atoms with Crippen molar-refractivity contribution in [2.45, 2.75) is 51.3 Å². The van der Waals surface area contributed by atoms with E-state index in [1.54, 1.807) is 6.92 Å². The summed E-state index contributed by atoms with van der Waals surface area (Å²) in [6.45, 7) is 7.45. The zero-order valence-corrected chi connectivity index (χ0v) is 13.4. The van der Waals surface area contributed by atoms with Crippen LogP contribution in [0.2, 0.25) is 0 Å². The minimum atomic E-state index is -0.749. The van der Waals surface area contributed by atoms with Crippen molar-refractivity contribution in [3.63, 3.8) is 0 Å². The number of aliphatic carboxylic acids is 1. The molecular weight excluding hydrogens is 276 g/mol. The molecule has 2 N–H and O–H groups in total. The van der Waals surface area contributed by atoms with E-state index in [1.165, 1.54) is 0 Å². The molecule has 1 fully saturated rings. The second-order valence-corrected chi connectivity index (χ2v) is 7.19. The van der Waals surface area contributed by atoms with Gasteiger partial charge in [-0.3, -0.25) is 4.79 Å². The molecule has 20 heavy (non-hydrogen) atoms. The van der Waals surface area contributed by atoms with E-state index in [4.69, 9.17) is 5.11 Å². The molecular formula is C14H26N2O3S. The molecule has 1 aliphatic heterocycles. The lowest BCUT2D eigenvalue weighted by molar-refractivity contribution is -0.141. The van der Waals surface area contributed by atoms with E-state index in [2.05, 4.69) is 12.2 Å². The van der Waals surface area contributed by atoms with E-state index >= 15 is 0 Å². The van der Waals surface area contributed by atoms with Gasteiger partial charge < -0.3 is 15.3 Å². The van der Waals surface area contributed by atoms with Crippen LogP contribution in [0.1, 0.15) is 40.0 Å². The zero-order chi connectivity index (χ0) is 15.1. The predicted molar refractivity (Wildman–Crippen MR) is 82.1 cm³/mol. The minimum absolute atomic E-state index is 0.0101. The van der Waals surface area contributed by atoms with Gasteiger partial charge in [-0.15, -0.1) is 0 Å². The van der Waals surface area contributed by atoms with Crippen LogP contribution < -0.4 is 5.32 Å². The van der Waals surface area contributed by atoms with Crippen LogP contribution in [0.25, 0.3) is 0 Å². The SMILES string of the molecule is CC(CCCC(C)C(=O)O)NC(=O)N1CCSC(C)C1. The van der Waals surface area contributed by atoms with Crippen LogP contribution >= 0.6 is 11.8 Å². The van der Waals surface area contributed by atoms with Gasteiger partial charge in [-0.25, -0.2) is 4.79 Å². The molecule has 2 amide bonds. The molecule has 5 nitrogen and oxygen atoms in total. The summed E-state index contributed by atoms with van der Waals surface area (Å²) >= 11 is 1.90. The third kappa shape index (κ3) is 6.03. The Labute approximate surface area is 125 Å². The highest BCUT2D eigenvalue weighted by molar-refractivity contribution is 7.99. The number of rotatable bonds is 6. The number of carboxylic acid groups (broad SMARTS) is 1. The summed E-state index contributed by atoms with van der Waals surface area (Å²) in [5, 5.41) is 12.3. The molecule has 0 bridgehead atoms. The molecule has 3 atom stereocenters. The van der Waals surface area contributed by atoms with Crippen molar-refractivity contribution in [2.24, 2.45) is 5.92 Å². The lowest BCUT2D eigenvalue weighted by Gasteiger charge is -2.31. The lowest BCUT2D eigenvalue weighted by Crippen LogP contribution is -2.48. The summed E-state index contributed by atoms with van der Waals surface area (Å²) in [5.41, 5.74) is 0. The molecule has 0 aromatic carbocycles. The fourth-order valence-electron chi connectivity index (χ4n) is 2.23. The summed E-state index contributed by atoms with van der Waals surface area (Å²) in [7, 11) is 0. The number of nitrogens with one attached hydrogen (secondary N) is 1. The first-order valence-corrected chi connectivity index (χ1v) is 8.35. The molecule has 0 aromatic heterocycles. The molecule has 0 aromatic rings. The third-order valence-corrected chi connectivity index (χ3v) is 4.73. The molecule has 116 valence electrons. The first-order valence-electron chi connectivity index (χ1n) is 7.30. The van der Waals surface area contributed by atoms with Crippen LogP contribution in [0.4, 0.5) is 4.79 Å². The number of carboxylic acids is 1. The largest absolute Gasteiger partial charge is 0.481 e. The van der Waals surface area contributed by atoms with Crippen molar-refractivity contribution >= 4 is 23.8 Å². The van der Waals surface area contributed by atoms with Gasteiger partial charge >= 0.3 is 12.0 Å². The van der Waals surface area contributed by atoms with E-state index in [1.807, 2.05) is 23.6 Å². The van der Waals surface area contributed by atoms with E-state index in [-0.39, 0.29) is 18.0 Å². The molecule has 0 radical (unpaired) electrons. The average Bonchev–Trinajstić information content (AvgIpc) is 2.38. The number of hydrogen-bond donors (Lipinski definition) is 2. The van der Waals surface area contributed by atoms with Gasteiger partial charge in [0.05, 0.1) is 5.92 Å². The minimum Gasteiger partial charge on any atom is -0.481 e. The van der Waals surface area contributed by atoms with Crippen LogP contribution in [0, 0.1) is 5.92 Å². The fraction of sp³-hybridized carbons (Fsp3) is 0.857. The van der Waals surface area contributed by atoms with E-state index in [0.29, 0.717) is 11.7 Å². The number of carbonyl (C=O) groups is 2. The van der Waals surface area contributed by atoms with Crippen molar-refractivity contribution in [2.75, 3.05) is 18.8 Å². The molecule has 1 saturated heterocycles. The predicted octanol–water partition coefficient (Wildman–Crippen LogP) is 2.41. The number of carbonyl (C=O) groups excluding carboxylic acids is 1. The second-order valence-electron chi connectivity index (χ2n) is 5.65. The summed E-state index contributed by atoms with van der Waals surface area (Å²) in [6.07, 6.45) is 2.30. The smallest absolute Gasteiger partial charge is 0.317 e. The van der Waals surface area contributed by atoms with E-state index < -0.39 is 5.97 Å². The second kappa shape index (κ2) is 8.39. The Bertz CT molecular complexity index is 338. The maximum Gasteiger partial charge on any atom is 0.317 e. The van der Waals surface area contributed by atoms with Crippen LogP contribution in [0.5, 0.6) is 0 Å². The Morgan fingerprint density at radius 1 is 1.40 bits per heavy atom. The first kappa shape index (κ1) is 17.1. The third-order valence-electron chi connectivity index (χ3n) is 3.59. The normalized spacial score (nSPS) is 22.1. The first-order chi connectivity index (χ1) is 9.40.